The Labute approximate surface area is 125 Å². The number of primary amides is 1. The molecule has 2 unspecified atom stereocenters. The van der Waals surface area contributed by atoms with Crippen molar-refractivity contribution in [2.45, 2.75) is 61.8 Å². The number of carbonyl (C=O) groups excluding carboxylic acids is 1. The van der Waals surface area contributed by atoms with E-state index >= 15 is 0 Å². The number of benzene rings is 1. The maximum absolute atomic E-state index is 11.9. The van der Waals surface area contributed by atoms with Crippen LogP contribution >= 0.6 is 11.8 Å². The van der Waals surface area contributed by atoms with Crippen molar-refractivity contribution < 1.29 is 4.79 Å². The summed E-state index contributed by atoms with van der Waals surface area (Å²) in [5.74, 6) is -0.210. The molecular formula is C16H24N2OS. The van der Waals surface area contributed by atoms with E-state index in [0.29, 0.717) is 5.25 Å². The van der Waals surface area contributed by atoms with E-state index in [1.54, 1.807) is 0 Å². The summed E-state index contributed by atoms with van der Waals surface area (Å²) in [6.07, 6.45) is 2.68. The summed E-state index contributed by atoms with van der Waals surface area (Å²) in [4.78, 5) is 13.1. The molecule has 0 spiro atoms. The standard InChI is InChI=1S/C16H24N2OS/c1-11(2)18-16(15(17)19)9-8-14(10-16)20-13-6-4-12(3)5-7-13/h4-7,11,14,18H,8-10H2,1-3H3,(H2,17,19). The molecule has 2 rings (SSSR count). The van der Waals surface area contributed by atoms with Crippen LogP contribution in [0.5, 0.6) is 0 Å². The van der Waals surface area contributed by atoms with E-state index < -0.39 is 5.54 Å². The number of carbonyl (C=O) groups is 1. The van der Waals surface area contributed by atoms with Gasteiger partial charge in [-0.3, -0.25) is 4.79 Å². The van der Waals surface area contributed by atoms with Crippen molar-refractivity contribution in [1.82, 2.24) is 5.32 Å². The predicted molar refractivity (Wildman–Crippen MR) is 84.9 cm³/mol. The number of aryl methyl sites for hydroxylation is 1. The van der Waals surface area contributed by atoms with E-state index in [2.05, 4.69) is 50.4 Å². The van der Waals surface area contributed by atoms with Crippen LogP contribution in [0.2, 0.25) is 0 Å². The highest BCUT2D eigenvalue weighted by atomic mass is 32.2. The van der Waals surface area contributed by atoms with Gasteiger partial charge >= 0.3 is 0 Å². The average molecular weight is 292 g/mol. The molecule has 110 valence electrons. The molecule has 3 nitrogen and oxygen atoms in total. The van der Waals surface area contributed by atoms with Crippen LogP contribution < -0.4 is 11.1 Å². The van der Waals surface area contributed by atoms with E-state index in [4.69, 9.17) is 5.73 Å². The average Bonchev–Trinajstić information content (AvgIpc) is 2.76. The smallest absolute Gasteiger partial charge is 0.237 e. The van der Waals surface area contributed by atoms with Crippen molar-refractivity contribution in [3.8, 4) is 0 Å². The van der Waals surface area contributed by atoms with Crippen molar-refractivity contribution >= 4 is 17.7 Å². The molecular weight excluding hydrogens is 268 g/mol. The van der Waals surface area contributed by atoms with E-state index in [1.165, 1.54) is 10.5 Å². The number of hydrogen-bond acceptors (Lipinski definition) is 3. The highest BCUT2D eigenvalue weighted by Gasteiger charge is 2.44. The molecule has 20 heavy (non-hydrogen) atoms. The molecule has 4 heteroatoms. The number of nitrogens with two attached hydrogens (primary N) is 1. The summed E-state index contributed by atoms with van der Waals surface area (Å²) in [6, 6.07) is 8.83. The second-order valence-electron chi connectivity index (χ2n) is 6.04. The van der Waals surface area contributed by atoms with Crippen molar-refractivity contribution in [2.75, 3.05) is 0 Å². The van der Waals surface area contributed by atoms with Gasteiger partial charge in [-0.15, -0.1) is 11.8 Å². The third kappa shape index (κ3) is 3.55. The van der Waals surface area contributed by atoms with Crippen LogP contribution in [-0.2, 0) is 4.79 Å². The normalized spacial score (nSPS) is 26.1. The zero-order valence-corrected chi connectivity index (χ0v) is 13.3. The van der Waals surface area contributed by atoms with E-state index in [0.717, 1.165) is 19.3 Å². The highest BCUT2D eigenvalue weighted by Crippen LogP contribution is 2.40. The molecule has 1 aromatic rings. The fourth-order valence-corrected chi connectivity index (χ4v) is 4.17. The Morgan fingerprint density at radius 1 is 1.40 bits per heavy atom. The van der Waals surface area contributed by atoms with E-state index in [9.17, 15) is 4.79 Å². The lowest BCUT2D eigenvalue weighted by atomic mass is 9.96. The number of amides is 1. The lowest BCUT2D eigenvalue weighted by molar-refractivity contribution is -0.124. The Hall–Kier alpha value is -1.00. The SMILES string of the molecule is Cc1ccc(SC2CCC(NC(C)C)(C(N)=O)C2)cc1. The maximum Gasteiger partial charge on any atom is 0.237 e. The van der Waals surface area contributed by atoms with Gasteiger partial charge in [0.1, 0.15) is 0 Å². The topological polar surface area (TPSA) is 55.1 Å². The zero-order valence-electron chi connectivity index (χ0n) is 12.5. The molecule has 0 heterocycles. The molecule has 0 saturated heterocycles. The fraction of sp³-hybridized carbons (Fsp3) is 0.562. The zero-order chi connectivity index (χ0) is 14.8. The van der Waals surface area contributed by atoms with Crippen LogP contribution in [0.25, 0.3) is 0 Å². The van der Waals surface area contributed by atoms with Gasteiger partial charge in [-0.25, -0.2) is 0 Å². The minimum Gasteiger partial charge on any atom is -0.368 e. The first-order valence-electron chi connectivity index (χ1n) is 7.22. The lowest BCUT2D eigenvalue weighted by Crippen LogP contribution is -2.56. The molecule has 1 saturated carbocycles. The Balaban J connectivity index is 2.03. The largest absolute Gasteiger partial charge is 0.368 e. The summed E-state index contributed by atoms with van der Waals surface area (Å²) < 4.78 is 0. The van der Waals surface area contributed by atoms with E-state index in [-0.39, 0.29) is 11.9 Å². The van der Waals surface area contributed by atoms with E-state index in [1.807, 2.05) is 11.8 Å². The quantitative estimate of drug-likeness (QED) is 0.877. The van der Waals surface area contributed by atoms with Crippen LogP contribution in [-0.4, -0.2) is 22.7 Å². The molecule has 0 aliphatic heterocycles. The van der Waals surface area contributed by atoms with Gasteiger partial charge in [0.2, 0.25) is 5.91 Å². The van der Waals surface area contributed by atoms with Crippen LogP contribution in [0.15, 0.2) is 29.2 Å². The first kappa shape index (κ1) is 15.4. The van der Waals surface area contributed by atoms with Crippen molar-refractivity contribution in [1.29, 1.82) is 0 Å². The summed E-state index contributed by atoms with van der Waals surface area (Å²) in [5.41, 5.74) is 6.40. The van der Waals surface area contributed by atoms with Gasteiger partial charge in [-0.05, 0) is 52.2 Å². The Morgan fingerprint density at radius 3 is 2.60 bits per heavy atom. The van der Waals surface area contributed by atoms with Gasteiger partial charge in [-0.2, -0.15) is 0 Å². The molecule has 0 bridgehead atoms. The van der Waals surface area contributed by atoms with Crippen LogP contribution in [0.1, 0.15) is 38.7 Å². The number of nitrogens with one attached hydrogen (secondary N) is 1. The number of hydrogen-bond donors (Lipinski definition) is 2. The second-order valence-corrected chi connectivity index (χ2v) is 7.41. The Morgan fingerprint density at radius 2 is 2.05 bits per heavy atom. The van der Waals surface area contributed by atoms with Crippen LogP contribution in [0.3, 0.4) is 0 Å². The van der Waals surface area contributed by atoms with Gasteiger partial charge in [0, 0.05) is 16.2 Å². The molecule has 1 aromatic carbocycles. The van der Waals surface area contributed by atoms with Gasteiger partial charge in [0.25, 0.3) is 0 Å². The van der Waals surface area contributed by atoms with Crippen molar-refractivity contribution in [3.63, 3.8) is 0 Å². The Kier molecular flexibility index (Phi) is 4.76. The highest BCUT2D eigenvalue weighted by molar-refractivity contribution is 8.00. The van der Waals surface area contributed by atoms with Crippen molar-refractivity contribution in [2.24, 2.45) is 5.73 Å². The first-order valence-corrected chi connectivity index (χ1v) is 8.10. The van der Waals surface area contributed by atoms with Crippen LogP contribution in [0, 0.1) is 6.92 Å². The minimum absolute atomic E-state index is 0.210. The summed E-state index contributed by atoms with van der Waals surface area (Å²) in [7, 11) is 0. The predicted octanol–water partition coefficient (Wildman–Crippen LogP) is 2.86. The molecule has 1 aliphatic rings. The number of rotatable bonds is 5. The second kappa shape index (κ2) is 6.19. The molecule has 3 N–H and O–H groups in total. The molecule has 1 amide bonds. The maximum atomic E-state index is 11.9. The summed E-state index contributed by atoms with van der Waals surface area (Å²) in [5, 5.41) is 3.85. The molecule has 2 atom stereocenters. The molecule has 1 fully saturated rings. The minimum atomic E-state index is -0.517. The van der Waals surface area contributed by atoms with Crippen LogP contribution in [0.4, 0.5) is 0 Å². The summed E-state index contributed by atoms with van der Waals surface area (Å²) >= 11 is 1.86. The number of thioether (sulfide) groups is 1. The summed E-state index contributed by atoms with van der Waals surface area (Å²) in [6.45, 7) is 6.21. The Bertz CT molecular complexity index is 472. The molecule has 0 aromatic heterocycles. The van der Waals surface area contributed by atoms with Gasteiger partial charge in [0.05, 0.1) is 5.54 Å². The monoisotopic (exact) mass is 292 g/mol. The molecule has 0 radical (unpaired) electrons. The molecule has 1 aliphatic carbocycles. The third-order valence-electron chi connectivity index (χ3n) is 3.83. The lowest BCUT2D eigenvalue weighted by Gasteiger charge is -2.29. The van der Waals surface area contributed by atoms with Gasteiger partial charge in [-0.1, -0.05) is 17.7 Å². The van der Waals surface area contributed by atoms with Gasteiger partial charge < -0.3 is 11.1 Å². The first-order chi connectivity index (χ1) is 9.41. The van der Waals surface area contributed by atoms with Crippen molar-refractivity contribution in [3.05, 3.63) is 29.8 Å². The van der Waals surface area contributed by atoms with Gasteiger partial charge in [0.15, 0.2) is 0 Å². The third-order valence-corrected chi connectivity index (χ3v) is 5.11. The fourth-order valence-electron chi connectivity index (χ4n) is 2.89.